The van der Waals surface area contributed by atoms with Crippen LogP contribution < -0.4 is 15.6 Å². The second-order valence-electron chi connectivity index (χ2n) is 6.16. The number of carbonyl (C=O) groups is 2. The summed E-state index contributed by atoms with van der Waals surface area (Å²) in [7, 11) is 1.31. The number of aromatic nitrogens is 2. The van der Waals surface area contributed by atoms with E-state index in [0.29, 0.717) is 5.69 Å². The Labute approximate surface area is 164 Å². The molecule has 1 heterocycles. The van der Waals surface area contributed by atoms with E-state index in [1.165, 1.54) is 23.9 Å². The molecule has 3 aromatic rings. The number of carboxylic acids is 1. The number of nitrogens with one attached hydrogen (secondary N) is 2. The predicted octanol–water partition coefficient (Wildman–Crippen LogP) is 2.26. The van der Waals surface area contributed by atoms with Crippen molar-refractivity contribution in [2.24, 2.45) is 0 Å². The molecule has 1 unspecified atom stereocenters. The molecule has 0 aliphatic heterocycles. The summed E-state index contributed by atoms with van der Waals surface area (Å²) in [5.41, 5.74) is -0.130. The molecule has 8 nitrogen and oxygen atoms in total. The minimum Gasteiger partial charge on any atom is -0.496 e. The number of hydrogen-bond acceptors (Lipinski definition) is 4. The number of halogens is 1. The quantitative estimate of drug-likeness (QED) is 0.564. The number of ether oxygens (including phenoxy) is 1. The van der Waals surface area contributed by atoms with Gasteiger partial charge < -0.3 is 15.2 Å². The topological polar surface area (TPSA) is 113 Å². The summed E-state index contributed by atoms with van der Waals surface area (Å²) in [6.07, 6.45) is -0.577. The fourth-order valence-electron chi connectivity index (χ4n) is 2.95. The Bertz CT molecular complexity index is 1090. The van der Waals surface area contributed by atoms with Gasteiger partial charge in [-0.05, 0) is 24.3 Å². The minimum atomic E-state index is -1.24. The number of carboxylic acid groups (broad SMARTS) is 1. The average Bonchev–Trinajstić information content (AvgIpc) is 3.09. The molecular formula is C20H18FN3O5. The van der Waals surface area contributed by atoms with Crippen LogP contribution in [-0.4, -0.2) is 33.9 Å². The molecule has 0 spiro atoms. The fraction of sp³-hybridized carbons (Fsp3) is 0.150. The Kier molecular flexibility index (Phi) is 5.77. The molecule has 2 aromatic carbocycles. The summed E-state index contributed by atoms with van der Waals surface area (Å²) in [5.74, 6) is -2.61. The van der Waals surface area contributed by atoms with Crippen molar-refractivity contribution in [3.63, 3.8) is 0 Å². The number of nitrogens with zero attached hydrogens (tertiary/aromatic N) is 1. The van der Waals surface area contributed by atoms with Crippen LogP contribution in [0.4, 0.5) is 4.39 Å². The van der Waals surface area contributed by atoms with Gasteiger partial charge in [-0.1, -0.05) is 24.3 Å². The third kappa shape index (κ3) is 4.34. The molecular weight excluding hydrogens is 381 g/mol. The van der Waals surface area contributed by atoms with Crippen LogP contribution in [0, 0.1) is 5.82 Å². The summed E-state index contributed by atoms with van der Waals surface area (Å²) in [5, 5.41) is 14.3. The number of amides is 1. The van der Waals surface area contributed by atoms with Crippen LogP contribution in [0.2, 0.25) is 0 Å². The van der Waals surface area contributed by atoms with E-state index in [0.717, 1.165) is 12.1 Å². The third-order valence-electron chi connectivity index (χ3n) is 4.24. The fourth-order valence-corrected chi connectivity index (χ4v) is 2.95. The number of hydrogen-bond donors (Lipinski definition) is 3. The van der Waals surface area contributed by atoms with Crippen LogP contribution in [0.15, 0.2) is 59.4 Å². The number of H-pyrrole nitrogens is 1. The van der Waals surface area contributed by atoms with Crippen molar-refractivity contribution >= 4 is 11.9 Å². The zero-order chi connectivity index (χ0) is 21.0. The van der Waals surface area contributed by atoms with Crippen molar-refractivity contribution in [1.82, 2.24) is 15.1 Å². The number of aliphatic carboxylic acids is 1. The van der Waals surface area contributed by atoms with Crippen LogP contribution in [-0.2, 0) is 4.79 Å². The first-order chi connectivity index (χ1) is 13.9. The Morgan fingerprint density at radius 2 is 1.93 bits per heavy atom. The largest absolute Gasteiger partial charge is 0.496 e. The standard InChI is InChI=1S/C20H18FN3O5/c1-29-16-9-5-8-13(21)19(16)14(11-18(26)27)22-20(28)15-10-17(25)24(23-15)12-6-3-2-4-7-12/h2-10,14,23H,11H2,1H3,(H,22,28)(H,26,27). The highest BCUT2D eigenvalue weighted by molar-refractivity contribution is 5.92. The first-order valence-electron chi connectivity index (χ1n) is 8.63. The number of aromatic amines is 1. The van der Waals surface area contributed by atoms with Gasteiger partial charge in [0.05, 0.1) is 30.8 Å². The van der Waals surface area contributed by atoms with Crippen molar-refractivity contribution in [3.05, 3.63) is 82.0 Å². The van der Waals surface area contributed by atoms with Gasteiger partial charge in [-0.25, -0.2) is 9.07 Å². The maximum atomic E-state index is 14.4. The van der Waals surface area contributed by atoms with Crippen molar-refractivity contribution in [2.75, 3.05) is 7.11 Å². The molecule has 1 amide bonds. The zero-order valence-corrected chi connectivity index (χ0v) is 15.4. The molecule has 29 heavy (non-hydrogen) atoms. The van der Waals surface area contributed by atoms with Crippen LogP contribution in [0.5, 0.6) is 5.75 Å². The molecule has 3 rings (SSSR count). The Balaban J connectivity index is 1.93. The SMILES string of the molecule is COc1cccc(F)c1C(CC(=O)O)NC(=O)c1cc(=O)n(-c2ccccc2)[nH]1. The molecule has 0 fully saturated rings. The van der Waals surface area contributed by atoms with Crippen LogP contribution in [0.1, 0.15) is 28.5 Å². The van der Waals surface area contributed by atoms with E-state index < -0.39 is 35.7 Å². The first kappa shape index (κ1) is 19.9. The van der Waals surface area contributed by atoms with E-state index in [1.54, 1.807) is 30.3 Å². The molecule has 0 aliphatic carbocycles. The van der Waals surface area contributed by atoms with E-state index >= 15 is 0 Å². The van der Waals surface area contributed by atoms with Gasteiger partial charge in [-0.3, -0.25) is 19.5 Å². The van der Waals surface area contributed by atoms with Gasteiger partial charge in [0.2, 0.25) is 0 Å². The van der Waals surface area contributed by atoms with E-state index in [2.05, 4.69) is 10.4 Å². The molecule has 1 aromatic heterocycles. The lowest BCUT2D eigenvalue weighted by molar-refractivity contribution is -0.137. The molecule has 0 saturated heterocycles. The normalized spacial score (nSPS) is 11.7. The number of carbonyl (C=O) groups excluding carboxylic acids is 1. The van der Waals surface area contributed by atoms with E-state index in [-0.39, 0.29) is 17.0 Å². The zero-order valence-electron chi connectivity index (χ0n) is 15.4. The molecule has 0 aliphatic rings. The Morgan fingerprint density at radius 3 is 2.59 bits per heavy atom. The van der Waals surface area contributed by atoms with Gasteiger partial charge >= 0.3 is 5.97 Å². The molecule has 0 bridgehead atoms. The summed E-state index contributed by atoms with van der Waals surface area (Å²) in [6.45, 7) is 0. The van der Waals surface area contributed by atoms with E-state index in [4.69, 9.17) is 4.74 Å². The van der Waals surface area contributed by atoms with Gasteiger partial charge in [-0.2, -0.15) is 0 Å². The van der Waals surface area contributed by atoms with Crippen LogP contribution >= 0.6 is 0 Å². The highest BCUT2D eigenvalue weighted by atomic mass is 19.1. The van der Waals surface area contributed by atoms with Crippen molar-refractivity contribution in [2.45, 2.75) is 12.5 Å². The second kappa shape index (κ2) is 8.42. The first-order valence-corrected chi connectivity index (χ1v) is 8.63. The van der Waals surface area contributed by atoms with E-state index in [9.17, 15) is 23.9 Å². The summed E-state index contributed by atoms with van der Waals surface area (Å²) < 4.78 is 20.7. The maximum Gasteiger partial charge on any atom is 0.305 e. The smallest absolute Gasteiger partial charge is 0.305 e. The number of methoxy groups -OCH3 is 1. The molecule has 9 heteroatoms. The van der Waals surface area contributed by atoms with E-state index in [1.807, 2.05) is 0 Å². The minimum absolute atomic E-state index is 0.0874. The molecule has 0 saturated carbocycles. The number of rotatable bonds is 7. The molecule has 1 atom stereocenters. The number of benzene rings is 2. The molecule has 3 N–H and O–H groups in total. The Hall–Kier alpha value is -3.88. The van der Waals surface area contributed by atoms with Crippen molar-refractivity contribution in [1.29, 1.82) is 0 Å². The monoisotopic (exact) mass is 399 g/mol. The van der Waals surface area contributed by atoms with Crippen molar-refractivity contribution in [3.8, 4) is 11.4 Å². The predicted molar refractivity (Wildman–Crippen MR) is 102 cm³/mol. The van der Waals surface area contributed by atoms with Crippen molar-refractivity contribution < 1.29 is 23.8 Å². The Morgan fingerprint density at radius 1 is 1.21 bits per heavy atom. The van der Waals surface area contributed by atoms with Gasteiger partial charge in [0.15, 0.2) is 0 Å². The molecule has 0 radical (unpaired) electrons. The lowest BCUT2D eigenvalue weighted by atomic mass is 10.0. The lowest BCUT2D eigenvalue weighted by Gasteiger charge is -2.20. The van der Waals surface area contributed by atoms with Gasteiger partial charge in [0.1, 0.15) is 17.3 Å². The lowest BCUT2D eigenvalue weighted by Crippen LogP contribution is -2.31. The third-order valence-corrected chi connectivity index (χ3v) is 4.24. The highest BCUT2D eigenvalue weighted by Gasteiger charge is 2.26. The number of para-hydroxylation sites is 1. The van der Waals surface area contributed by atoms with Crippen LogP contribution in [0.25, 0.3) is 5.69 Å². The summed E-state index contributed by atoms with van der Waals surface area (Å²) in [6, 6.07) is 12.5. The summed E-state index contributed by atoms with van der Waals surface area (Å²) in [4.78, 5) is 36.2. The maximum absolute atomic E-state index is 14.4. The average molecular weight is 399 g/mol. The van der Waals surface area contributed by atoms with Gasteiger partial charge in [0, 0.05) is 6.07 Å². The highest BCUT2D eigenvalue weighted by Crippen LogP contribution is 2.30. The van der Waals surface area contributed by atoms with Gasteiger partial charge in [-0.15, -0.1) is 0 Å². The van der Waals surface area contributed by atoms with Gasteiger partial charge in [0.25, 0.3) is 11.5 Å². The second-order valence-corrected chi connectivity index (χ2v) is 6.16. The molecule has 150 valence electrons. The summed E-state index contributed by atoms with van der Waals surface area (Å²) >= 11 is 0. The van der Waals surface area contributed by atoms with Crippen LogP contribution in [0.3, 0.4) is 0 Å².